The number of rotatable bonds is 6. The van der Waals surface area contributed by atoms with Crippen LogP contribution in [0.4, 0.5) is 0 Å². The lowest BCUT2D eigenvalue weighted by Gasteiger charge is -2.32. The molecule has 0 bridgehead atoms. The summed E-state index contributed by atoms with van der Waals surface area (Å²) in [5.74, 6) is 2.35. The van der Waals surface area contributed by atoms with Crippen molar-refractivity contribution in [2.45, 2.75) is 32.6 Å². The van der Waals surface area contributed by atoms with Gasteiger partial charge in [0.15, 0.2) is 0 Å². The fourth-order valence-electron chi connectivity index (χ4n) is 3.19. The van der Waals surface area contributed by atoms with Gasteiger partial charge in [-0.15, -0.1) is 10.2 Å². The first-order valence-electron chi connectivity index (χ1n) is 8.92. The second-order valence-electron chi connectivity index (χ2n) is 6.83. The molecule has 1 amide bonds. The molecule has 1 aliphatic rings. The van der Waals surface area contributed by atoms with Crippen molar-refractivity contribution >= 4 is 5.91 Å². The van der Waals surface area contributed by atoms with E-state index in [1.165, 1.54) is 5.56 Å². The maximum Gasteiger partial charge on any atom is 0.223 e. The lowest BCUT2D eigenvalue weighted by molar-refractivity contribution is -0.133. The highest BCUT2D eigenvalue weighted by molar-refractivity contribution is 5.76. The molecule has 1 saturated heterocycles. The highest BCUT2D eigenvalue weighted by atomic mass is 16.5. The van der Waals surface area contributed by atoms with Gasteiger partial charge in [-0.2, -0.15) is 0 Å². The molecule has 0 aliphatic carbocycles. The minimum atomic E-state index is 0.197. The standard InChI is InChI=1S/C19H26N4O2/c1-15-5-7-17(8-6-15)25-13-16-4-3-11-23(12-16)19(24)10-9-18-21-20-14-22(18)2/h5-8,14,16H,3-4,9-13H2,1-2H3/t16-/m1/s1. The van der Waals surface area contributed by atoms with Crippen molar-refractivity contribution in [1.82, 2.24) is 19.7 Å². The predicted octanol–water partition coefficient (Wildman–Crippen LogP) is 2.37. The van der Waals surface area contributed by atoms with Gasteiger partial charge in [0.2, 0.25) is 5.91 Å². The molecule has 2 heterocycles. The van der Waals surface area contributed by atoms with Crippen molar-refractivity contribution in [3.63, 3.8) is 0 Å². The minimum absolute atomic E-state index is 0.197. The second-order valence-corrected chi connectivity index (χ2v) is 6.83. The number of amides is 1. The van der Waals surface area contributed by atoms with Crippen LogP contribution >= 0.6 is 0 Å². The molecule has 0 N–H and O–H groups in total. The lowest BCUT2D eigenvalue weighted by atomic mass is 9.98. The number of likely N-dealkylation sites (tertiary alicyclic amines) is 1. The lowest BCUT2D eigenvalue weighted by Crippen LogP contribution is -2.41. The summed E-state index contributed by atoms with van der Waals surface area (Å²) >= 11 is 0. The van der Waals surface area contributed by atoms with Crippen LogP contribution in [0.25, 0.3) is 0 Å². The van der Waals surface area contributed by atoms with Gasteiger partial charge >= 0.3 is 0 Å². The van der Waals surface area contributed by atoms with E-state index in [1.807, 2.05) is 28.6 Å². The average Bonchev–Trinajstić information content (AvgIpc) is 3.04. The summed E-state index contributed by atoms with van der Waals surface area (Å²) in [6.07, 6.45) is 4.93. The zero-order chi connectivity index (χ0) is 17.6. The molecule has 1 atom stereocenters. The number of nitrogens with zero attached hydrogens (tertiary/aromatic N) is 4. The van der Waals surface area contributed by atoms with E-state index in [0.29, 0.717) is 25.4 Å². The van der Waals surface area contributed by atoms with Crippen LogP contribution in [0, 0.1) is 12.8 Å². The number of hydrogen-bond donors (Lipinski definition) is 0. The highest BCUT2D eigenvalue weighted by Crippen LogP contribution is 2.20. The molecule has 25 heavy (non-hydrogen) atoms. The van der Waals surface area contributed by atoms with Crippen LogP contribution in [-0.2, 0) is 18.3 Å². The van der Waals surface area contributed by atoms with E-state index in [1.54, 1.807) is 6.33 Å². The van der Waals surface area contributed by atoms with E-state index in [4.69, 9.17) is 4.74 Å². The minimum Gasteiger partial charge on any atom is -0.493 e. The largest absolute Gasteiger partial charge is 0.493 e. The predicted molar refractivity (Wildman–Crippen MR) is 95.3 cm³/mol. The van der Waals surface area contributed by atoms with E-state index in [0.717, 1.165) is 37.5 Å². The smallest absolute Gasteiger partial charge is 0.223 e. The molecular weight excluding hydrogens is 316 g/mol. The molecule has 3 rings (SSSR count). The number of carbonyl (C=O) groups is 1. The summed E-state index contributed by atoms with van der Waals surface area (Å²) in [4.78, 5) is 14.5. The average molecular weight is 342 g/mol. The van der Waals surface area contributed by atoms with Crippen LogP contribution in [0.2, 0.25) is 0 Å². The van der Waals surface area contributed by atoms with E-state index in [2.05, 4.69) is 29.3 Å². The number of aromatic nitrogens is 3. The zero-order valence-corrected chi connectivity index (χ0v) is 15.0. The third-order valence-corrected chi connectivity index (χ3v) is 4.75. The van der Waals surface area contributed by atoms with Crippen LogP contribution in [0.5, 0.6) is 5.75 Å². The second kappa shape index (κ2) is 8.14. The first-order chi connectivity index (χ1) is 12.1. The Labute approximate surface area is 148 Å². The molecule has 0 unspecified atom stereocenters. The van der Waals surface area contributed by atoms with Gasteiger partial charge in [0, 0.05) is 38.9 Å². The summed E-state index contributed by atoms with van der Waals surface area (Å²) in [5.41, 5.74) is 1.23. The Morgan fingerprint density at radius 1 is 1.32 bits per heavy atom. The highest BCUT2D eigenvalue weighted by Gasteiger charge is 2.24. The maximum absolute atomic E-state index is 12.5. The molecule has 1 aromatic carbocycles. The van der Waals surface area contributed by atoms with Gasteiger partial charge in [0.05, 0.1) is 6.61 Å². The van der Waals surface area contributed by atoms with Crippen molar-refractivity contribution in [3.8, 4) is 5.75 Å². The van der Waals surface area contributed by atoms with E-state index in [-0.39, 0.29) is 5.91 Å². The Balaban J connectivity index is 1.46. The Bertz CT molecular complexity index is 696. The number of hydrogen-bond acceptors (Lipinski definition) is 4. The summed E-state index contributed by atoms with van der Waals surface area (Å²) < 4.78 is 7.77. The van der Waals surface area contributed by atoms with Crippen LogP contribution in [-0.4, -0.2) is 45.3 Å². The fraction of sp³-hybridized carbons (Fsp3) is 0.526. The molecule has 1 fully saturated rings. The molecular formula is C19H26N4O2. The molecule has 134 valence electrons. The van der Waals surface area contributed by atoms with Crippen molar-refractivity contribution in [2.24, 2.45) is 13.0 Å². The Hall–Kier alpha value is -2.37. The van der Waals surface area contributed by atoms with E-state index < -0.39 is 0 Å². The third-order valence-electron chi connectivity index (χ3n) is 4.75. The number of aryl methyl sites for hydroxylation is 3. The third kappa shape index (κ3) is 4.81. The van der Waals surface area contributed by atoms with Crippen molar-refractivity contribution < 1.29 is 9.53 Å². The number of benzene rings is 1. The number of piperidine rings is 1. The quantitative estimate of drug-likeness (QED) is 0.809. The van der Waals surface area contributed by atoms with Gasteiger partial charge in [0.25, 0.3) is 0 Å². The topological polar surface area (TPSA) is 60.2 Å². The summed E-state index contributed by atoms with van der Waals surface area (Å²) in [7, 11) is 1.90. The monoisotopic (exact) mass is 342 g/mol. The van der Waals surface area contributed by atoms with Gasteiger partial charge < -0.3 is 14.2 Å². The van der Waals surface area contributed by atoms with Gasteiger partial charge in [-0.05, 0) is 31.9 Å². The first kappa shape index (κ1) is 17.5. The van der Waals surface area contributed by atoms with E-state index >= 15 is 0 Å². The summed E-state index contributed by atoms with van der Waals surface area (Å²) in [6.45, 7) is 4.35. The van der Waals surface area contributed by atoms with E-state index in [9.17, 15) is 4.79 Å². The Kier molecular flexibility index (Phi) is 5.68. The SMILES string of the molecule is Cc1ccc(OC[C@@H]2CCCN(C(=O)CCc3nncn3C)C2)cc1. The molecule has 0 saturated carbocycles. The van der Waals surface area contributed by atoms with Gasteiger partial charge in [-0.1, -0.05) is 17.7 Å². The molecule has 1 aromatic heterocycles. The zero-order valence-electron chi connectivity index (χ0n) is 15.0. The number of carbonyl (C=O) groups excluding carboxylic acids is 1. The maximum atomic E-state index is 12.5. The summed E-state index contributed by atoms with van der Waals surface area (Å²) in [6, 6.07) is 8.11. The normalized spacial score (nSPS) is 17.5. The summed E-state index contributed by atoms with van der Waals surface area (Å²) in [5, 5.41) is 7.89. The Morgan fingerprint density at radius 2 is 2.12 bits per heavy atom. The van der Waals surface area contributed by atoms with Crippen LogP contribution < -0.4 is 4.74 Å². The molecule has 0 radical (unpaired) electrons. The van der Waals surface area contributed by atoms with Gasteiger partial charge in [0.1, 0.15) is 17.9 Å². The van der Waals surface area contributed by atoms with Gasteiger partial charge in [-0.3, -0.25) is 4.79 Å². The Morgan fingerprint density at radius 3 is 2.84 bits per heavy atom. The molecule has 2 aromatic rings. The van der Waals surface area contributed by atoms with Crippen molar-refractivity contribution in [1.29, 1.82) is 0 Å². The first-order valence-corrected chi connectivity index (χ1v) is 8.92. The molecule has 6 heteroatoms. The van der Waals surface area contributed by atoms with Crippen LogP contribution in [0.1, 0.15) is 30.7 Å². The van der Waals surface area contributed by atoms with Crippen LogP contribution in [0.3, 0.4) is 0 Å². The van der Waals surface area contributed by atoms with Crippen molar-refractivity contribution in [3.05, 3.63) is 42.0 Å². The van der Waals surface area contributed by atoms with Crippen molar-refractivity contribution in [2.75, 3.05) is 19.7 Å². The van der Waals surface area contributed by atoms with Crippen LogP contribution in [0.15, 0.2) is 30.6 Å². The van der Waals surface area contributed by atoms with Gasteiger partial charge in [-0.25, -0.2) is 0 Å². The molecule has 6 nitrogen and oxygen atoms in total. The molecule has 1 aliphatic heterocycles. The fourth-order valence-corrected chi connectivity index (χ4v) is 3.19. The number of ether oxygens (including phenoxy) is 1. The molecule has 0 spiro atoms.